The number of methoxy groups -OCH3 is 1. The predicted octanol–water partition coefficient (Wildman–Crippen LogP) is 2.24. The minimum absolute atomic E-state index is 0.0188. The largest absolute Gasteiger partial charge is 0.468 e. The highest BCUT2D eigenvalue weighted by Gasteiger charge is 2.33. The number of ether oxygens (including phenoxy) is 1. The summed E-state index contributed by atoms with van der Waals surface area (Å²) >= 11 is 1.49. The fourth-order valence-electron chi connectivity index (χ4n) is 2.86. The number of rotatable bonds is 3. The molecule has 0 saturated carbocycles. The van der Waals surface area contributed by atoms with Crippen molar-refractivity contribution >= 4 is 28.6 Å². The third-order valence-electron chi connectivity index (χ3n) is 4.03. The molecule has 3 aromatic rings. The Morgan fingerprint density at radius 2 is 2.35 bits per heavy atom. The summed E-state index contributed by atoms with van der Waals surface area (Å²) in [4.78, 5) is 16.1. The molecule has 3 N–H and O–H groups in total. The molecule has 4 rings (SSSR count). The van der Waals surface area contributed by atoms with Gasteiger partial charge in [-0.05, 0) is 23.8 Å². The van der Waals surface area contributed by atoms with Crippen molar-refractivity contribution in [2.24, 2.45) is 0 Å². The van der Waals surface area contributed by atoms with Crippen LogP contribution in [0.15, 0.2) is 29.2 Å². The average Bonchev–Trinajstić information content (AvgIpc) is 3.25. The van der Waals surface area contributed by atoms with E-state index in [-0.39, 0.29) is 17.8 Å². The van der Waals surface area contributed by atoms with E-state index in [0.29, 0.717) is 6.42 Å². The number of carbonyl (C=O) groups is 1. The first-order chi connectivity index (χ1) is 11.2. The van der Waals surface area contributed by atoms with Crippen molar-refractivity contribution in [1.29, 1.82) is 0 Å². The van der Waals surface area contributed by atoms with E-state index < -0.39 is 0 Å². The molecule has 3 heterocycles. The van der Waals surface area contributed by atoms with Gasteiger partial charge in [0.25, 0.3) is 0 Å². The lowest BCUT2D eigenvalue weighted by Crippen LogP contribution is -2.18. The molecule has 2 aromatic heterocycles. The minimum atomic E-state index is -0.214. The number of fused-ring (bicyclic) bond motifs is 2. The topological polar surface area (TPSA) is 91.0 Å². The maximum atomic E-state index is 11.7. The van der Waals surface area contributed by atoms with Gasteiger partial charge < -0.3 is 14.8 Å². The zero-order chi connectivity index (χ0) is 16.0. The molecule has 6 nitrogen and oxygen atoms in total. The molecule has 0 bridgehead atoms. The number of carbonyl (C=O) groups excluding carboxylic acids is 1. The number of hydrogen-bond acceptors (Lipinski definition) is 5. The summed E-state index contributed by atoms with van der Waals surface area (Å²) in [7, 11) is 1.41. The van der Waals surface area contributed by atoms with Crippen molar-refractivity contribution < 1.29 is 14.6 Å². The normalized spacial score (nSPS) is 16.7. The summed E-state index contributed by atoms with van der Waals surface area (Å²) < 4.78 is 4.83. The Hall–Kier alpha value is -2.25. The van der Waals surface area contributed by atoms with E-state index >= 15 is 0 Å². The Bertz CT molecular complexity index is 899. The molecular formula is C16H15N3O3S. The Balaban J connectivity index is 1.72. The van der Waals surface area contributed by atoms with Crippen LogP contribution >= 0.6 is 11.8 Å². The molecule has 1 aromatic carbocycles. The second-order valence-corrected chi connectivity index (χ2v) is 6.69. The van der Waals surface area contributed by atoms with Gasteiger partial charge >= 0.3 is 5.97 Å². The SMILES string of the molecule is COC(=O)C1Cc2[nH]nc(-c3cc4cc(CO)ccc4[nH]3)c2S1. The number of esters is 1. The summed E-state index contributed by atoms with van der Waals surface area (Å²) in [6.45, 7) is 0.0188. The number of nitrogens with one attached hydrogen (secondary N) is 2. The number of aromatic amines is 2. The lowest BCUT2D eigenvalue weighted by Gasteiger charge is -2.05. The first-order valence-corrected chi connectivity index (χ1v) is 8.12. The van der Waals surface area contributed by atoms with Crippen molar-refractivity contribution in [2.45, 2.75) is 23.2 Å². The number of nitrogens with zero attached hydrogens (tertiary/aromatic N) is 1. The number of benzene rings is 1. The van der Waals surface area contributed by atoms with E-state index in [2.05, 4.69) is 15.2 Å². The molecule has 0 saturated heterocycles. The molecule has 118 valence electrons. The lowest BCUT2D eigenvalue weighted by atomic mass is 10.1. The highest BCUT2D eigenvalue weighted by atomic mass is 32.2. The van der Waals surface area contributed by atoms with E-state index in [4.69, 9.17) is 4.74 Å². The van der Waals surface area contributed by atoms with Gasteiger partial charge in [-0.3, -0.25) is 9.89 Å². The minimum Gasteiger partial charge on any atom is -0.468 e. The lowest BCUT2D eigenvalue weighted by molar-refractivity contribution is -0.139. The second-order valence-electron chi connectivity index (χ2n) is 5.48. The Morgan fingerprint density at radius 3 is 3.13 bits per heavy atom. The van der Waals surface area contributed by atoms with E-state index in [9.17, 15) is 9.90 Å². The van der Waals surface area contributed by atoms with Crippen LogP contribution in [-0.4, -0.2) is 38.6 Å². The molecule has 0 spiro atoms. The van der Waals surface area contributed by atoms with Crippen LogP contribution in [0.2, 0.25) is 0 Å². The molecule has 1 aliphatic heterocycles. The maximum absolute atomic E-state index is 11.7. The number of thioether (sulfide) groups is 1. The van der Waals surface area contributed by atoms with Crippen LogP contribution in [-0.2, 0) is 22.6 Å². The van der Waals surface area contributed by atoms with E-state index in [1.165, 1.54) is 18.9 Å². The van der Waals surface area contributed by atoms with E-state index in [1.807, 2.05) is 24.3 Å². The molecule has 0 radical (unpaired) electrons. The van der Waals surface area contributed by atoms with Crippen LogP contribution in [0.3, 0.4) is 0 Å². The third kappa shape index (κ3) is 2.32. The molecule has 23 heavy (non-hydrogen) atoms. The smallest absolute Gasteiger partial charge is 0.319 e. The summed E-state index contributed by atoms with van der Waals surface area (Å²) in [6.07, 6.45) is 0.606. The van der Waals surface area contributed by atoms with Crippen LogP contribution in [0.4, 0.5) is 0 Å². The van der Waals surface area contributed by atoms with Crippen LogP contribution in [0.1, 0.15) is 11.3 Å². The van der Waals surface area contributed by atoms with Gasteiger partial charge in [0.2, 0.25) is 0 Å². The Morgan fingerprint density at radius 1 is 1.48 bits per heavy atom. The summed E-state index contributed by atoms with van der Waals surface area (Å²) in [5, 5.41) is 17.5. The fraction of sp³-hybridized carbons (Fsp3) is 0.250. The zero-order valence-corrected chi connectivity index (χ0v) is 13.2. The molecule has 0 aliphatic carbocycles. The Labute approximate surface area is 136 Å². The van der Waals surface area contributed by atoms with Crippen molar-refractivity contribution in [3.8, 4) is 11.4 Å². The quantitative estimate of drug-likeness (QED) is 0.641. The molecule has 0 fully saturated rings. The molecule has 1 unspecified atom stereocenters. The maximum Gasteiger partial charge on any atom is 0.319 e. The second kappa shape index (κ2) is 5.43. The van der Waals surface area contributed by atoms with Crippen molar-refractivity contribution in [3.05, 3.63) is 35.5 Å². The van der Waals surface area contributed by atoms with Crippen LogP contribution in [0.25, 0.3) is 22.3 Å². The van der Waals surface area contributed by atoms with Gasteiger partial charge in [0.15, 0.2) is 0 Å². The number of H-pyrrole nitrogens is 2. The summed E-state index contributed by atoms with van der Waals surface area (Å²) in [6, 6.07) is 7.80. The van der Waals surface area contributed by atoms with Crippen molar-refractivity contribution in [1.82, 2.24) is 15.2 Å². The zero-order valence-electron chi connectivity index (χ0n) is 12.4. The van der Waals surface area contributed by atoms with Gasteiger partial charge in [-0.2, -0.15) is 5.10 Å². The Kier molecular flexibility index (Phi) is 3.39. The summed E-state index contributed by atoms with van der Waals surface area (Å²) in [5.41, 5.74) is 4.54. The van der Waals surface area contributed by atoms with E-state index in [1.54, 1.807) is 0 Å². The highest BCUT2D eigenvalue weighted by Crippen LogP contribution is 2.42. The molecule has 7 heteroatoms. The highest BCUT2D eigenvalue weighted by molar-refractivity contribution is 8.01. The average molecular weight is 329 g/mol. The first-order valence-electron chi connectivity index (χ1n) is 7.24. The number of aliphatic hydroxyl groups excluding tert-OH is 1. The number of hydrogen-bond donors (Lipinski definition) is 3. The first kappa shape index (κ1) is 14.3. The monoisotopic (exact) mass is 329 g/mol. The number of aliphatic hydroxyl groups is 1. The van der Waals surface area contributed by atoms with Gasteiger partial charge in [0.1, 0.15) is 10.9 Å². The number of aromatic nitrogens is 3. The van der Waals surface area contributed by atoms with E-state index in [0.717, 1.165) is 38.4 Å². The van der Waals surface area contributed by atoms with Crippen LogP contribution < -0.4 is 0 Å². The fourth-order valence-corrected chi connectivity index (χ4v) is 4.12. The van der Waals surface area contributed by atoms with Gasteiger partial charge in [-0.1, -0.05) is 6.07 Å². The van der Waals surface area contributed by atoms with Gasteiger partial charge in [-0.15, -0.1) is 11.8 Å². The van der Waals surface area contributed by atoms with Crippen LogP contribution in [0, 0.1) is 0 Å². The molecule has 0 amide bonds. The molecule has 1 aliphatic rings. The van der Waals surface area contributed by atoms with Crippen LogP contribution in [0.5, 0.6) is 0 Å². The summed E-state index contributed by atoms with van der Waals surface area (Å²) in [5.74, 6) is -0.213. The predicted molar refractivity (Wildman–Crippen MR) is 87.2 cm³/mol. The van der Waals surface area contributed by atoms with Gasteiger partial charge in [0.05, 0.1) is 30.0 Å². The van der Waals surface area contributed by atoms with Gasteiger partial charge in [-0.25, -0.2) is 0 Å². The molecule has 1 atom stereocenters. The van der Waals surface area contributed by atoms with Gasteiger partial charge in [0, 0.05) is 17.3 Å². The van der Waals surface area contributed by atoms with Crippen molar-refractivity contribution in [2.75, 3.05) is 7.11 Å². The standard InChI is InChI=1S/C16H15N3O3S/c1-22-16(21)13-6-12-15(23-13)14(19-18-12)11-5-9-4-8(7-20)2-3-10(9)17-11/h2-5,13,17,20H,6-7H2,1H3,(H,18,19). The van der Waals surface area contributed by atoms with Crippen molar-refractivity contribution in [3.63, 3.8) is 0 Å². The molecular weight excluding hydrogens is 314 g/mol. The third-order valence-corrected chi connectivity index (χ3v) is 5.35.